The average Bonchev–Trinajstić information content (AvgIpc) is 2.70. The number of piperidine rings is 1. The second-order valence-corrected chi connectivity index (χ2v) is 8.79. The molecule has 1 saturated heterocycles. The summed E-state index contributed by atoms with van der Waals surface area (Å²) in [5, 5.41) is 2.75. The maximum Gasteiger partial charge on any atom is 0.255 e. The molecule has 150 valence electrons. The number of rotatable bonds is 6. The summed E-state index contributed by atoms with van der Waals surface area (Å²) >= 11 is 0. The van der Waals surface area contributed by atoms with E-state index in [1.165, 1.54) is 28.6 Å². The molecule has 0 atom stereocenters. The molecule has 3 rings (SSSR count). The number of nitrogens with one attached hydrogen (secondary N) is 1. The van der Waals surface area contributed by atoms with Gasteiger partial charge in [0, 0.05) is 24.8 Å². The number of nitrogens with zero attached hydrogens (tertiary/aromatic N) is 2. The zero-order valence-electron chi connectivity index (χ0n) is 16.1. The summed E-state index contributed by atoms with van der Waals surface area (Å²) in [6.07, 6.45) is 3.32. The summed E-state index contributed by atoms with van der Waals surface area (Å²) in [6.45, 7) is 5.47. The van der Waals surface area contributed by atoms with Gasteiger partial charge in [0.15, 0.2) is 0 Å². The van der Waals surface area contributed by atoms with E-state index in [0.29, 0.717) is 42.7 Å². The lowest BCUT2D eigenvalue weighted by atomic mass is 10.0. The van der Waals surface area contributed by atoms with Crippen molar-refractivity contribution in [2.75, 3.05) is 25.0 Å². The van der Waals surface area contributed by atoms with E-state index >= 15 is 0 Å². The first-order valence-corrected chi connectivity index (χ1v) is 10.8. The van der Waals surface area contributed by atoms with E-state index in [1.54, 1.807) is 18.3 Å². The van der Waals surface area contributed by atoms with Gasteiger partial charge in [-0.2, -0.15) is 4.31 Å². The highest BCUT2D eigenvalue weighted by atomic mass is 32.2. The van der Waals surface area contributed by atoms with Crippen molar-refractivity contribution in [2.24, 2.45) is 5.92 Å². The van der Waals surface area contributed by atoms with Crippen LogP contribution in [0.15, 0.2) is 47.5 Å². The molecule has 1 fully saturated rings. The van der Waals surface area contributed by atoms with Gasteiger partial charge >= 0.3 is 0 Å². The van der Waals surface area contributed by atoms with Gasteiger partial charge in [0.25, 0.3) is 5.91 Å². The maximum absolute atomic E-state index is 12.8. The Morgan fingerprint density at radius 2 is 1.89 bits per heavy atom. The van der Waals surface area contributed by atoms with Crippen LogP contribution in [0.5, 0.6) is 5.88 Å². The van der Waals surface area contributed by atoms with Gasteiger partial charge in [0.05, 0.1) is 11.5 Å². The topological polar surface area (TPSA) is 88.6 Å². The van der Waals surface area contributed by atoms with Crippen LogP contribution < -0.4 is 10.1 Å². The lowest BCUT2D eigenvalue weighted by Crippen LogP contribution is -2.37. The van der Waals surface area contributed by atoms with Crippen molar-refractivity contribution in [2.45, 2.75) is 31.6 Å². The second kappa shape index (κ2) is 8.70. The number of hydrogen-bond donors (Lipinski definition) is 1. The minimum Gasteiger partial charge on any atom is -0.476 e. The quantitative estimate of drug-likeness (QED) is 0.800. The molecule has 1 aliphatic rings. The summed E-state index contributed by atoms with van der Waals surface area (Å²) in [5.74, 6) is 0.535. The van der Waals surface area contributed by atoms with Crippen LogP contribution in [0.2, 0.25) is 0 Å². The molecule has 2 heterocycles. The van der Waals surface area contributed by atoms with Crippen LogP contribution in [0.1, 0.15) is 37.0 Å². The predicted molar refractivity (Wildman–Crippen MR) is 107 cm³/mol. The number of aromatic nitrogens is 1. The van der Waals surface area contributed by atoms with Gasteiger partial charge in [0.2, 0.25) is 15.9 Å². The van der Waals surface area contributed by atoms with E-state index in [2.05, 4.69) is 17.2 Å². The van der Waals surface area contributed by atoms with Crippen LogP contribution in [0.25, 0.3) is 0 Å². The number of pyridine rings is 1. The highest BCUT2D eigenvalue weighted by Crippen LogP contribution is 2.24. The number of carbonyl (C=O) groups is 1. The molecule has 1 amide bonds. The number of sulfonamides is 1. The first-order chi connectivity index (χ1) is 13.4. The first kappa shape index (κ1) is 20.3. The molecule has 0 bridgehead atoms. The van der Waals surface area contributed by atoms with Crippen LogP contribution in [0.3, 0.4) is 0 Å². The molecule has 8 heteroatoms. The van der Waals surface area contributed by atoms with Gasteiger partial charge in [-0.3, -0.25) is 4.79 Å². The normalized spacial score (nSPS) is 15.9. The van der Waals surface area contributed by atoms with E-state index in [1.807, 2.05) is 6.92 Å². The fourth-order valence-electron chi connectivity index (χ4n) is 3.08. The molecule has 2 aromatic rings. The van der Waals surface area contributed by atoms with Crippen LogP contribution >= 0.6 is 0 Å². The Labute approximate surface area is 165 Å². The Bertz CT molecular complexity index is 921. The highest BCUT2D eigenvalue weighted by Gasteiger charge is 2.28. The molecular weight excluding hydrogens is 378 g/mol. The van der Waals surface area contributed by atoms with Gasteiger partial charge in [0.1, 0.15) is 5.69 Å². The smallest absolute Gasteiger partial charge is 0.255 e. The fourth-order valence-corrected chi connectivity index (χ4v) is 4.55. The van der Waals surface area contributed by atoms with Crippen molar-refractivity contribution in [3.63, 3.8) is 0 Å². The third-order valence-electron chi connectivity index (χ3n) is 4.80. The first-order valence-electron chi connectivity index (χ1n) is 9.41. The Kier molecular flexibility index (Phi) is 6.31. The Balaban J connectivity index is 1.73. The summed E-state index contributed by atoms with van der Waals surface area (Å²) < 4.78 is 32.5. The number of benzene rings is 1. The van der Waals surface area contributed by atoms with Crippen LogP contribution in [-0.4, -0.2) is 43.3 Å². The minimum absolute atomic E-state index is 0.204. The van der Waals surface area contributed by atoms with E-state index in [0.717, 1.165) is 12.8 Å². The Morgan fingerprint density at radius 3 is 2.54 bits per heavy atom. The predicted octanol–water partition coefficient (Wildman–Crippen LogP) is 3.15. The summed E-state index contributed by atoms with van der Waals surface area (Å²) in [6, 6.07) is 9.40. The molecule has 0 unspecified atom stereocenters. The van der Waals surface area contributed by atoms with Crippen molar-refractivity contribution in [1.82, 2.24) is 9.29 Å². The molecule has 0 aliphatic carbocycles. The number of anilines is 1. The SMILES string of the molecule is CCOc1ncccc1NC(=O)c1ccc(S(=O)(=O)N2CCC(C)CC2)cc1. The third-order valence-corrected chi connectivity index (χ3v) is 6.71. The van der Waals surface area contributed by atoms with Crippen LogP contribution in [-0.2, 0) is 10.0 Å². The Hall–Kier alpha value is -2.45. The van der Waals surface area contributed by atoms with E-state index < -0.39 is 10.0 Å². The lowest BCUT2D eigenvalue weighted by molar-refractivity contribution is 0.102. The molecule has 28 heavy (non-hydrogen) atoms. The van der Waals surface area contributed by atoms with Crippen molar-refractivity contribution in [1.29, 1.82) is 0 Å². The molecule has 0 radical (unpaired) electrons. The standard InChI is InChI=1S/C20H25N3O4S/c1-3-27-20-18(5-4-12-21-20)22-19(24)16-6-8-17(9-7-16)28(25,26)23-13-10-15(2)11-14-23/h4-9,12,15H,3,10-11,13-14H2,1-2H3,(H,22,24). The van der Waals surface area contributed by atoms with Crippen molar-refractivity contribution in [3.8, 4) is 5.88 Å². The molecule has 0 saturated carbocycles. The molecular formula is C20H25N3O4S. The molecule has 1 aliphatic heterocycles. The summed E-state index contributed by atoms with van der Waals surface area (Å²) in [7, 11) is -3.53. The average molecular weight is 404 g/mol. The van der Waals surface area contributed by atoms with Gasteiger partial charge in [-0.1, -0.05) is 6.92 Å². The van der Waals surface area contributed by atoms with E-state index in [9.17, 15) is 13.2 Å². The Morgan fingerprint density at radius 1 is 1.21 bits per heavy atom. The number of amides is 1. The van der Waals surface area contributed by atoms with E-state index in [4.69, 9.17) is 4.74 Å². The molecule has 0 spiro atoms. The van der Waals surface area contributed by atoms with Crippen LogP contribution in [0, 0.1) is 5.92 Å². The zero-order chi connectivity index (χ0) is 20.1. The van der Waals surface area contributed by atoms with Crippen molar-refractivity contribution < 1.29 is 17.9 Å². The largest absolute Gasteiger partial charge is 0.476 e. The summed E-state index contributed by atoms with van der Waals surface area (Å²) in [4.78, 5) is 16.8. The second-order valence-electron chi connectivity index (χ2n) is 6.85. The number of carbonyl (C=O) groups excluding carboxylic acids is 1. The fraction of sp³-hybridized carbons (Fsp3) is 0.400. The van der Waals surface area contributed by atoms with E-state index in [-0.39, 0.29) is 10.8 Å². The molecule has 1 aromatic heterocycles. The van der Waals surface area contributed by atoms with Gasteiger partial charge < -0.3 is 10.1 Å². The van der Waals surface area contributed by atoms with Crippen molar-refractivity contribution >= 4 is 21.6 Å². The van der Waals surface area contributed by atoms with Gasteiger partial charge in [-0.25, -0.2) is 13.4 Å². The number of hydrogen-bond acceptors (Lipinski definition) is 5. The third kappa shape index (κ3) is 4.51. The van der Waals surface area contributed by atoms with Gasteiger partial charge in [-0.05, 0) is 62.1 Å². The molecule has 7 nitrogen and oxygen atoms in total. The number of ether oxygens (including phenoxy) is 1. The zero-order valence-corrected chi connectivity index (χ0v) is 16.9. The maximum atomic E-state index is 12.8. The van der Waals surface area contributed by atoms with Crippen molar-refractivity contribution in [3.05, 3.63) is 48.2 Å². The van der Waals surface area contributed by atoms with Gasteiger partial charge in [-0.15, -0.1) is 0 Å². The summed E-state index contributed by atoms with van der Waals surface area (Å²) in [5.41, 5.74) is 0.825. The monoisotopic (exact) mass is 403 g/mol. The van der Waals surface area contributed by atoms with Crippen LogP contribution in [0.4, 0.5) is 5.69 Å². The molecule has 1 N–H and O–H groups in total. The lowest BCUT2D eigenvalue weighted by Gasteiger charge is -2.29. The highest BCUT2D eigenvalue weighted by molar-refractivity contribution is 7.89. The molecule has 1 aromatic carbocycles. The minimum atomic E-state index is -3.53.